The lowest BCUT2D eigenvalue weighted by molar-refractivity contribution is -0.147. The molecule has 1 heterocycles. The predicted molar refractivity (Wildman–Crippen MR) is 94.7 cm³/mol. The minimum atomic E-state index is -1.17. The molecule has 3 rings (SSSR count). The van der Waals surface area contributed by atoms with Crippen molar-refractivity contribution in [2.45, 2.75) is 26.0 Å². The van der Waals surface area contributed by atoms with E-state index in [1.165, 1.54) is 11.9 Å². The lowest BCUT2D eigenvalue weighted by atomic mass is 10.1. The van der Waals surface area contributed by atoms with Gasteiger partial charge in [0.25, 0.3) is 0 Å². The number of nitrogens with one attached hydrogen (secondary N) is 1. The van der Waals surface area contributed by atoms with E-state index in [2.05, 4.69) is 10.4 Å². The van der Waals surface area contributed by atoms with E-state index in [0.29, 0.717) is 11.6 Å². The van der Waals surface area contributed by atoms with Gasteiger partial charge in [-0.25, -0.2) is 0 Å². The van der Waals surface area contributed by atoms with Crippen LogP contribution in [0.2, 0.25) is 0 Å². The fourth-order valence-electron chi connectivity index (χ4n) is 2.70. The lowest BCUT2D eigenvalue weighted by Crippen LogP contribution is -2.46. The molecular formula is C19H19N3O3. The summed E-state index contributed by atoms with van der Waals surface area (Å²) in [7, 11) is 0. The highest BCUT2D eigenvalue weighted by atomic mass is 16.6. The molecule has 0 saturated heterocycles. The first kappa shape index (κ1) is 16.7. The summed E-state index contributed by atoms with van der Waals surface area (Å²) < 4.78 is 5.91. The van der Waals surface area contributed by atoms with E-state index < -0.39 is 5.72 Å². The summed E-state index contributed by atoms with van der Waals surface area (Å²) in [5.74, 6) is -0.226. The first-order valence-corrected chi connectivity index (χ1v) is 7.97. The monoisotopic (exact) mass is 337 g/mol. The Morgan fingerprint density at radius 3 is 2.28 bits per heavy atom. The van der Waals surface area contributed by atoms with Crippen LogP contribution in [0, 0.1) is 0 Å². The second-order valence-corrected chi connectivity index (χ2v) is 5.97. The van der Waals surface area contributed by atoms with Crippen LogP contribution < -0.4 is 5.32 Å². The maximum absolute atomic E-state index is 12.4. The van der Waals surface area contributed by atoms with Gasteiger partial charge in [0.1, 0.15) is 0 Å². The van der Waals surface area contributed by atoms with Crippen LogP contribution in [0.1, 0.15) is 25.8 Å². The van der Waals surface area contributed by atoms with Gasteiger partial charge in [0.15, 0.2) is 0 Å². The number of benzene rings is 2. The van der Waals surface area contributed by atoms with E-state index >= 15 is 0 Å². The van der Waals surface area contributed by atoms with Crippen molar-refractivity contribution in [3.63, 3.8) is 0 Å². The average Bonchev–Trinajstić information content (AvgIpc) is 2.94. The molecule has 0 bridgehead atoms. The van der Waals surface area contributed by atoms with Crippen molar-refractivity contribution in [3.8, 4) is 0 Å². The highest BCUT2D eigenvalue weighted by molar-refractivity contribution is 5.98. The smallest absolute Gasteiger partial charge is 0.243 e. The van der Waals surface area contributed by atoms with Gasteiger partial charge in [-0.05, 0) is 31.2 Å². The fourth-order valence-corrected chi connectivity index (χ4v) is 2.70. The number of anilines is 1. The van der Waals surface area contributed by atoms with Crippen molar-refractivity contribution in [3.05, 3.63) is 66.2 Å². The normalized spacial score (nSPS) is 19.1. The van der Waals surface area contributed by atoms with Gasteiger partial charge in [-0.1, -0.05) is 36.4 Å². The first-order valence-electron chi connectivity index (χ1n) is 7.97. The summed E-state index contributed by atoms with van der Waals surface area (Å²) >= 11 is 0. The van der Waals surface area contributed by atoms with Gasteiger partial charge in [-0.15, -0.1) is 5.10 Å². The summed E-state index contributed by atoms with van der Waals surface area (Å²) in [6.07, 6.45) is -0.0404. The van der Waals surface area contributed by atoms with Gasteiger partial charge in [-0.3, -0.25) is 9.59 Å². The Hall–Kier alpha value is -3.15. The van der Waals surface area contributed by atoms with Crippen LogP contribution in [-0.2, 0) is 14.3 Å². The number of amides is 2. The Morgan fingerprint density at radius 2 is 1.68 bits per heavy atom. The Morgan fingerprint density at radius 1 is 1.08 bits per heavy atom. The summed E-state index contributed by atoms with van der Waals surface area (Å²) in [6.45, 7) is 3.08. The Kier molecular flexibility index (Phi) is 4.52. The second-order valence-electron chi connectivity index (χ2n) is 5.97. The number of carbonyl (C=O) groups is 2. The predicted octanol–water partition coefficient (Wildman–Crippen LogP) is 2.97. The van der Waals surface area contributed by atoms with Crippen LogP contribution in [0.15, 0.2) is 65.8 Å². The van der Waals surface area contributed by atoms with Crippen molar-refractivity contribution >= 4 is 23.4 Å². The number of ether oxygens (including phenoxy) is 1. The van der Waals surface area contributed by atoms with Crippen molar-refractivity contribution in [1.29, 1.82) is 0 Å². The zero-order valence-corrected chi connectivity index (χ0v) is 14.1. The molecule has 0 spiro atoms. The third kappa shape index (κ3) is 3.68. The molecule has 2 aromatic carbocycles. The van der Waals surface area contributed by atoms with Crippen LogP contribution in [0.25, 0.3) is 0 Å². The molecule has 2 aromatic rings. The van der Waals surface area contributed by atoms with Crippen LogP contribution in [0.4, 0.5) is 5.69 Å². The van der Waals surface area contributed by atoms with Gasteiger partial charge in [0.2, 0.25) is 23.4 Å². The number of hydrazone groups is 1. The highest BCUT2D eigenvalue weighted by Gasteiger charge is 2.44. The van der Waals surface area contributed by atoms with E-state index in [4.69, 9.17) is 4.74 Å². The summed E-state index contributed by atoms with van der Waals surface area (Å²) in [6, 6.07) is 18.4. The van der Waals surface area contributed by atoms with E-state index in [0.717, 1.165) is 5.56 Å². The zero-order chi connectivity index (χ0) is 17.9. The van der Waals surface area contributed by atoms with Crippen LogP contribution in [-0.4, -0.2) is 28.4 Å². The van der Waals surface area contributed by atoms with E-state index in [1.54, 1.807) is 19.1 Å². The Bertz CT molecular complexity index is 805. The van der Waals surface area contributed by atoms with Gasteiger partial charge < -0.3 is 10.1 Å². The van der Waals surface area contributed by atoms with E-state index in [9.17, 15) is 9.59 Å². The molecule has 0 radical (unpaired) electrons. The zero-order valence-electron chi connectivity index (χ0n) is 14.1. The highest BCUT2D eigenvalue weighted by Crippen LogP contribution is 2.30. The molecule has 1 N–H and O–H groups in total. The standard InChI is InChI=1S/C19H19N3O3/c1-14(23)22-19(2,13-17(24)20-16-11-7-4-8-12-16)25-18(21-22)15-9-5-3-6-10-15/h3-12H,13H2,1-2H3,(H,20,24)/t19-/m1/s1. The van der Waals surface area contributed by atoms with E-state index in [1.807, 2.05) is 48.5 Å². The van der Waals surface area contributed by atoms with Gasteiger partial charge in [-0.2, -0.15) is 5.01 Å². The maximum Gasteiger partial charge on any atom is 0.243 e. The topological polar surface area (TPSA) is 71.0 Å². The Labute approximate surface area is 146 Å². The molecule has 0 unspecified atom stereocenters. The molecule has 1 atom stereocenters. The van der Waals surface area contributed by atoms with Crippen molar-refractivity contribution in [2.24, 2.45) is 5.10 Å². The molecule has 0 aliphatic carbocycles. The third-order valence-corrected chi connectivity index (χ3v) is 3.82. The molecule has 6 nitrogen and oxygen atoms in total. The van der Waals surface area contributed by atoms with Gasteiger partial charge in [0, 0.05) is 18.2 Å². The van der Waals surface area contributed by atoms with Gasteiger partial charge >= 0.3 is 0 Å². The number of nitrogens with zero attached hydrogens (tertiary/aromatic N) is 2. The molecule has 6 heteroatoms. The van der Waals surface area contributed by atoms with Crippen molar-refractivity contribution in [2.75, 3.05) is 5.32 Å². The summed E-state index contributed by atoms with van der Waals surface area (Å²) in [4.78, 5) is 24.4. The minimum absolute atomic E-state index is 0.0404. The number of hydrogen-bond acceptors (Lipinski definition) is 4. The largest absolute Gasteiger partial charge is 0.447 e. The Balaban J connectivity index is 1.77. The molecule has 0 fully saturated rings. The lowest BCUT2D eigenvalue weighted by Gasteiger charge is -2.30. The molecule has 128 valence electrons. The minimum Gasteiger partial charge on any atom is -0.447 e. The molecule has 25 heavy (non-hydrogen) atoms. The number of carbonyl (C=O) groups excluding carboxylic acids is 2. The second kappa shape index (κ2) is 6.76. The van der Waals surface area contributed by atoms with Crippen LogP contribution in [0.3, 0.4) is 0 Å². The third-order valence-electron chi connectivity index (χ3n) is 3.82. The quantitative estimate of drug-likeness (QED) is 0.932. The molecular weight excluding hydrogens is 318 g/mol. The summed E-state index contributed by atoms with van der Waals surface area (Å²) in [5, 5.41) is 8.29. The number of rotatable bonds is 4. The van der Waals surface area contributed by atoms with Crippen molar-refractivity contribution < 1.29 is 14.3 Å². The average molecular weight is 337 g/mol. The number of hydrogen-bond donors (Lipinski definition) is 1. The molecule has 1 aliphatic heterocycles. The molecule has 1 aliphatic rings. The van der Waals surface area contributed by atoms with Crippen molar-refractivity contribution in [1.82, 2.24) is 5.01 Å². The van der Waals surface area contributed by atoms with Crippen LogP contribution in [0.5, 0.6) is 0 Å². The van der Waals surface area contributed by atoms with Gasteiger partial charge in [0.05, 0.1) is 6.42 Å². The first-order chi connectivity index (χ1) is 12.0. The van der Waals surface area contributed by atoms with E-state index in [-0.39, 0.29) is 18.2 Å². The summed E-state index contributed by atoms with van der Waals surface area (Å²) in [5.41, 5.74) is 0.268. The number of para-hydroxylation sites is 1. The van der Waals surface area contributed by atoms with Crippen LogP contribution >= 0.6 is 0 Å². The molecule has 2 amide bonds. The molecule has 0 aromatic heterocycles. The molecule has 0 saturated carbocycles. The SMILES string of the molecule is CC(=O)N1N=C(c2ccccc2)O[C@]1(C)CC(=O)Nc1ccccc1. The maximum atomic E-state index is 12.4. The fraction of sp³-hybridized carbons (Fsp3) is 0.211.